The van der Waals surface area contributed by atoms with Crippen molar-refractivity contribution < 1.29 is 0 Å². The molecule has 0 unspecified atom stereocenters. The molecule has 0 radical (unpaired) electrons. The van der Waals surface area contributed by atoms with Crippen molar-refractivity contribution in [3.8, 4) is 0 Å². The summed E-state index contributed by atoms with van der Waals surface area (Å²) < 4.78 is 0. The van der Waals surface area contributed by atoms with Gasteiger partial charge in [-0.15, -0.1) is 0 Å². The molecule has 0 saturated carbocycles. The second-order valence-corrected chi connectivity index (χ2v) is 6.47. The standard InChI is InChI=1S/C16H27ClN2/c1-7-16(4,5)19(6)15-10-14(17)9-8-13(15)11-18-12(2)3/h8-10,12,18H,7,11H2,1-6H3. The zero-order valence-corrected chi connectivity index (χ0v) is 13.8. The molecule has 0 aliphatic carbocycles. The van der Waals surface area contributed by atoms with Gasteiger partial charge >= 0.3 is 0 Å². The van der Waals surface area contributed by atoms with E-state index in [4.69, 9.17) is 11.6 Å². The number of hydrogen-bond donors (Lipinski definition) is 1. The van der Waals surface area contributed by atoms with Crippen molar-refractivity contribution in [2.45, 2.75) is 59.2 Å². The minimum Gasteiger partial charge on any atom is -0.369 e. The van der Waals surface area contributed by atoms with Crippen LogP contribution in [-0.2, 0) is 6.54 Å². The third-order valence-electron chi connectivity index (χ3n) is 3.88. The molecule has 108 valence electrons. The lowest BCUT2D eigenvalue weighted by atomic mass is 9.98. The van der Waals surface area contributed by atoms with Crippen LogP contribution < -0.4 is 10.2 Å². The fraction of sp³-hybridized carbons (Fsp3) is 0.625. The van der Waals surface area contributed by atoms with Gasteiger partial charge in [-0.25, -0.2) is 0 Å². The number of benzene rings is 1. The molecule has 0 fully saturated rings. The summed E-state index contributed by atoms with van der Waals surface area (Å²) in [6.45, 7) is 11.9. The van der Waals surface area contributed by atoms with E-state index in [1.165, 1.54) is 11.3 Å². The van der Waals surface area contributed by atoms with Gasteiger partial charge in [0.25, 0.3) is 0 Å². The van der Waals surface area contributed by atoms with Crippen molar-refractivity contribution in [3.05, 3.63) is 28.8 Å². The highest BCUT2D eigenvalue weighted by Gasteiger charge is 2.23. The van der Waals surface area contributed by atoms with Crippen LogP contribution in [0, 0.1) is 0 Å². The molecule has 0 spiro atoms. The molecule has 1 aromatic carbocycles. The lowest BCUT2D eigenvalue weighted by molar-refractivity contribution is 0.468. The highest BCUT2D eigenvalue weighted by atomic mass is 35.5. The van der Waals surface area contributed by atoms with E-state index in [2.05, 4.69) is 64.0 Å². The number of hydrogen-bond acceptors (Lipinski definition) is 2. The molecule has 2 nitrogen and oxygen atoms in total. The van der Waals surface area contributed by atoms with Crippen LogP contribution in [0.15, 0.2) is 18.2 Å². The predicted molar refractivity (Wildman–Crippen MR) is 86.2 cm³/mol. The monoisotopic (exact) mass is 282 g/mol. The number of halogens is 1. The summed E-state index contributed by atoms with van der Waals surface area (Å²) in [6.07, 6.45) is 1.09. The van der Waals surface area contributed by atoms with Crippen molar-refractivity contribution in [3.63, 3.8) is 0 Å². The zero-order chi connectivity index (χ0) is 14.6. The van der Waals surface area contributed by atoms with Crippen LogP contribution in [-0.4, -0.2) is 18.6 Å². The molecule has 0 heterocycles. The quantitative estimate of drug-likeness (QED) is 0.828. The van der Waals surface area contributed by atoms with Crippen molar-refractivity contribution in [1.29, 1.82) is 0 Å². The van der Waals surface area contributed by atoms with Crippen LogP contribution in [0.4, 0.5) is 5.69 Å². The van der Waals surface area contributed by atoms with Crippen LogP contribution >= 0.6 is 11.6 Å². The van der Waals surface area contributed by atoms with E-state index in [9.17, 15) is 0 Å². The summed E-state index contributed by atoms with van der Waals surface area (Å²) in [5, 5.41) is 4.27. The Labute approximate surface area is 123 Å². The summed E-state index contributed by atoms with van der Waals surface area (Å²) in [4.78, 5) is 2.33. The lowest BCUT2D eigenvalue weighted by Crippen LogP contribution is -2.41. The Kier molecular flexibility index (Phi) is 5.69. The maximum Gasteiger partial charge on any atom is 0.0428 e. The van der Waals surface area contributed by atoms with Crippen molar-refractivity contribution in [1.82, 2.24) is 5.32 Å². The Balaban J connectivity index is 3.06. The van der Waals surface area contributed by atoms with Gasteiger partial charge in [0.2, 0.25) is 0 Å². The fourth-order valence-corrected chi connectivity index (χ4v) is 2.04. The third kappa shape index (κ3) is 4.39. The van der Waals surface area contributed by atoms with Gasteiger partial charge in [0.15, 0.2) is 0 Å². The SMILES string of the molecule is CCC(C)(C)N(C)c1cc(Cl)ccc1CNC(C)C. The first-order valence-electron chi connectivity index (χ1n) is 7.03. The average molecular weight is 283 g/mol. The molecule has 0 atom stereocenters. The smallest absolute Gasteiger partial charge is 0.0428 e. The van der Waals surface area contributed by atoms with E-state index >= 15 is 0 Å². The normalized spacial score (nSPS) is 12.0. The number of nitrogens with zero attached hydrogens (tertiary/aromatic N) is 1. The van der Waals surface area contributed by atoms with E-state index in [1.807, 2.05) is 6.07 Å². The van der Waals surface area contributed by atoms with E-state index in [-0.39, 0.29) is 5.54 Å². The maximum atomic E-state index is 6.17. The molecule has 3 heteroatoms. The van der Waals surface area contributed by atoms with Crippen molar-refractivity contribution >= 4 is 17.3 Å². The zero-order valence-electron chi connectivity index (χ0n) is 13.0. The topological polar surface area (TPSA) is 15.3 Å². The summed E-state index contributed by atoms with van der Waals surface area (Å²) in [7, 11) is 2.15. The minimum atomic E-state index is 0.122. The highest BCUT2D eigenvalue weighted by molar-refractivity contribution is 6.30. The van der Waals surface area contributed by atoms with Crippen molar-refractivity contribution in [2.75, 3.05) is 11.9 Å². The first-order valence-corrected chi connectivity index (χ1v) is 7.41. The van der Waals surface area contributed by atoms with Crippen LogP contribution in [0.5, 0.6) is 0 Å². The van der Waals surface area contributed by atoms with Crippen LogP contribution in [0.3, 0.4) is 0 Å². The van der Waals surface area contributed by atoms with E-state index in [0.29, 0.717) is 6.04 Å². The highest BCUT2D eigenvalue weighted by Crippen LogP contribution is 2.30. The first kappa shape index (κ1) is 16.3. The largest absolute Gasteiger partial charge is 0.369 e. The Morgan fingerprint density at radius 2 is 1.95 bits per heavy atom. The minimum absolute atomic E-state index is 0.122. The maximum absolute atomic E-state index is 6.17. The molecule has 1 rings (SSSR count). The Morgan fingerprint density at radius 3 is 2.47 bits per heavy atom. The van der Waals surface area contributed by atoms with Gasteiger partial charge in [-0.3, -0.25) is 0 Å². The molecule has 1 N–H and O–H groups in total. The van der Waals surface area contributed by atoms with Crippen LogP contribution in [0.2, 0.25) is 5.02 Å². The Morgan fingerprint density at radius 1 is 1.32 bits per heavy atom. The Hall–Kier alpha value is -0.730. The second kappa shape index (κ2) is 6.62. The fourth-order valence-electron chi connectivity index (χ4n) is 1.88. The molecular weight excluding hydrogens is 256 g/mol. The number of rotatable bonds is 6. The van der Waals surface area contributed by atoms with Crippen molar-refractivity contribution in [2.24, 2.45) is 0 Å². The molecule has 0 aliphatic rings. The van der Waals surface area contributed by atoms with Crippen LogP contribution in [0.1, 0.15) is 46.6 Å². The number of anilines is 1. The predicted octanol–water partition coefficient (Wildman–Crippen LogP) is 4.46. The van der Waals surface area contributed by atoms with E-state index in [0.717, 1.165) is 18.0 Å². The summed E-state index contributed by atoms with van der Waals surface area (Å²) in [6, 6.07) is 6.63. The summed E-state index contributed by atoms with van der Waals surface area (Å²) >= 11 is 6.17. The molecule has 1 aromatic rings. The molecular formula is C16H27ClN2. The van der Waals surface area contributed by atoms with Gasteiger partial charge in [-0.1, -0.05) is 38.4 Å². The van der Waals surface area contributed by atoms with Gasteiger partial charge < -0.3 is 10.2 Å². The van der Waals surface area contributed by atoms with E-state index < -0.39 is 0 Å². The second-order valence-electron chi connectivity index (χ2n) is 6.03. The van der Waals surface area contributed by atoms with Gasteiger partial charge in [0.05, 0.1) is 0 Å². The molecule has 19 heavy (non-hydrogen) atoms. The van der Waals surface area contributed by atoms with Gasteiger partial charge in [0, 0.05) is 35.9 Å². The third-order valence-corrected chi connectivity index (χ3v) is 4.12. The molecule has 0 aliphatic heterocycles. The van der Waals surface area contributed by atoms with E-state index in [1.54, 1.807) is 0 Å². The average Bonchev–Trinajstić information content (AvgIpc) is 2.36. The van der Waals surface area contributed by atoms with Crippen LogP contribution in [0.25, 0.3) is 0 Å². The van der Waals surface area contributed by atoms with Gasteiger partial charge in [-0.05, 0) is 38.0 Å². The van der Waals surface area contributed by atoms with Gasteiger partial charge in [-0.2, -0.15) is 0 Å². The molecule has 0 bridgehead atoms. The molecule has 0 amide bonds. The number of nitrogens with one attached hydrogen (secondary N) is 1. The molecule has 0 aromatic heterocycles. The van der Waals surface area contributed by atoms with Gasteiger partial charge in [0.1, 0.15) is 0 Å². The Bertz CT molecular complexity index is 413. The first-order chi connectivity index (χ1) is 8.77. The summed E-state index contributed by atoms with van der Waals surface area (Å²) in [5.74, 6) is 0. The lowest BCUT2D eigenvalue weighted by Gasteiger charge is -2.38. The summed E-state index contributed by atoms with van der Waals surface area (Å²) in [5.41, 5.74) is 2.63. The molecule has 0 saturated heterocycles.